The minimum absolute atomic E-state index is 0.176. The Morgan fingerprint density at radius 3 is 2.71 bits per heavy atom. The quantitative estimate of drug-likeness (QED) is 0.694. The van der Waals surface area contributed by atoms with Crippen LogP contribution in [0.15, 0.2) is 35.1 Å². The summed E-state index contributed by atoms with van der Waals surface area (Å²) in [5, 5.41) is 6.68. The zero-order valence-corrected chi connectivity index (χ0v) is 16.5. The van der Waals surface area contributed by atoms with Crippen LogP contribution in [0.25, 0.3) is 5.69 Å². The first-order valence-corrected chi connectivity index (χ1v) is 9.17. The Bertz CT molecular complexity index is 971. The average Bonchev–Trinajstić information content (AvgIpc) is 3.24. The molecule has 1 amide bonds. The van der Waals surface area contributed by atoms with Crippen LogP contribution in [-0.4, -0.2) is 25.6 Å². The van der Waals surface area contributed by atoms with Gasteiger partial charge in [0.15, 0.2) is 5.82 Å². The molecule has 28 heavy (non-hydrogen) atoms. The fraction of sp³-hybridized carbons (Fsp3) is 0.400. The number of hydrogen-bond donors (Lipinski definition) is 1. The van der Waals surface area contributed by atoms with Gasteiger partial charge < -0.3 is 14.4 Å². The minimum atomic E-state index is -0.431. The van der Waals surface area contributed by atoms with Crippen molar-refractivity contribution in [3.8, 4) is 5.69 Å². The van der Waals surface area contributed by atoms with Crippen molar-refractivity contribution in [2.75, 3.05) is 5.32 Å². The van der Waals surface area contributed by atoms with Crippen molar-refractivity contribution in [1.29, 1.82) is 0 Å². The number of anilines is 1. The number of aromatic nitrogens is 4. The number of amides is 1. The molecule has 1 N–H and O–H groups in total. The van der Waals surface area contributed by atoms with E-state index in [4.69, 9.17) is 4.52 Å². The van der Waals surface area contributed by atoms with Gasteiger partial charge in [-0.2, -0.15) is 4.98 Å². The topological polar surface area (TPSA) is 85.8 Å². The highest BCUT2D eigenvalue weighted by molar-refractivity contribution is 5.90. The van der Waals surface area contributed by atoms with Gasteiger partial charge in [0.25, 0.3) is 0 Å². The molecule has 0 unspecified atom stereocenters. The van der Waals surface area contributed by atoms with E-state index in [1.54, 1.807) is 36.0 Å². The first-order valence-electron chi connectivity index (χ1n) is 9.17. The highest BCUT2D eigenvalue weighted by atomic mass is 19.1. The zero-order chi connectivity index (χ0) is 20.3. The Morgan fingerprint density at radius 1 is 1.32 bits per heavy atom. The molecule has 0 aliphatic rings. The summed E-state index contributed by atoms with van der Waals surface area (Å²) < 4.78 is 21.3. The molecule has 2 heterocycles. The number of carbonyl (C=O) groups is 1. The lowest BCUT2D eigenvalue weighted by molar-refractivity contribution is -0.116. The molecule has 148 valence electrons. The third-order valence-corrected chi connectivity index (χ3v) is 4.25. The molecule has 0 atom stereocenters. The van der Waals surface area contributed by atoms with Crippen LogP contribution in [0.1, 0.15) is 51.2 Å². The number of hydrogen-bond acceptors (Lipinski definition) is 5. The van der Waals surface area contributed by atoms with Crippen LogP contribution in [0.3, 0.4) is 0 Å². The number of carbonyl (C=O) groups excluding carboxylic acids is 1. The Balaban J connectivity index is 1.53. The molecule has 3 rings (SSSR count). The molecule has 0 saturated carbocycles. The van der Waals surface area contributed by atoms with Gasteiger partial charge in [0.1, 0.15) is 11.6 Å². The molecule has 3 aromatic rings. The fourth-order valence-corrected chi connectivity index (χ4v) is 2.70. The second kappa shape index (κ2) is 7.92. The Morgan fingerprint density at radius 2 is 2.11 bits per heavy atom. The van der Waals surface area contributed by atoms with Gasteiger partial charge in [-0.05, 0) is 31.5 Å². The smallest absolute Gasteiger partial charge is 0.226 e. The molecule has 0 radical (unpaired) electrons. The second-order valence-corrected chi connectivity index (χ2v) is 7.67. The summed E-state index contributed by atoms with van der Waals surface area (Å²) >= 11 is 0. The van der Waals surface area contributed by atoms with Gasteiger partial charge in [0.2, 0.25) is 11.8 Å². The van der Waals surface area contributed by atoms with Gasteiger partial charge in [0, 0.05) is 36.3 Å². The predicted octanol–water partition coefficient (Wildman–Crippen LogP) is 3.96. The summed E-state index contributed by atoms with van der Waals surface area (Å²) in [5.74, 6) is 1.23. The largest absolute Gasteiger partial charge is 0.339 e. The lowest BCUT2D eigenvalue weighted by Gasteiger charge is -2.10. The van der Waals surface area contributed by atoms with E-state index in [1.165, 1.54) is 6.07 Å². The highest BCUT2D eigenvalue weighted by Gasteiger charge is 2.20. The Hall–Kier alpha value is -3.03. The number of nitrogens with zero attached hydrogens (tertiary/aromatic N) is 4. The van der Waals surface area contributed by atoms with Crippen LogP contribution in [0, 0.1) is 12.7 Å². The van der Waals surface area contributed by atoms with Gasteiger partial charge in [0.05, 0.1) is 5.69 Å². The number of aryl methyl sites for hydroxylation is 2. The number of nitrogens with one attached hydrogen (secondary N) is 1. The van der Waals surface area contributed by atoms with E-state index in [9.17, 15) is 9.18 Å². The average molecular weight is 385 g/mol. The maximum Gasteiger partial charge on any atom is 0.226 e. The maximum atomic E-state index is 14.4. The Kier molecular flexibility index (Phi) is 5.58. The van der Waals surface area contributed by atoms with Crippen molar-refractivity contribution in [3.63, 3.8) is 0 Å². The van der Waals surface area contributed by atoms with E-state index in [1.807, 2.05) is 20.8 Å². The molecule has 0 aliphatic heterocycles. The van der Waals surface area contributed by atoms with Crippen LogP contribution in [0.2, 0.25) is 0 Å². The van der Waals surface area contributed by atoms with Crippen LogP contribution in [0.5, 0.6) is 0 Å². The summed E-state index contributed by atoms with van der Waals surface area (Å²) in [4.78, 5) is 20.6. The summed E-state index contributed by atoms with van der Waals surface area (Å²) in [5.41, 5.74) is 0.626. The molecule has 7 nitrogen and oxygen atoms in total. The second-order valence-electron chi connectivity index (χ2n) is 7.67. The predicted molar refractivity (Wildman–Crippen MR) is 103 cm³/mol. The van der Waals surface area contributed by atoms with Gasteiger partial charge in [-0.15, -0.1) is 0 Å². The van der Waals surface area contributed by atoms with Gasteiger partial charge >= 0.3 is 0 Å². The highest BCUT2D eigenvalue weighted by Crippen LogP contribution is 2.21. The first kappa shape index (κ1) is 19.7. The van der Waals surface area contributed by atoms with Gasteiger partial charge in [-0.25, -0.2) is 9.37 Å². The standard InChI is InChI=1S/C20H24FN5O2/c1-13-22-10-11-26(13)16-9-8-14(12-15(16)21)23-17(27)6-5-7-18-24-19(25-28-18)20(2,3)4/h8-12H,5-7H2,1-4H3,(H,23,27). The maximum absolute atomic E-state index is 14.4. The van der Waals surface area contributed by atoms with Gasteiger partial charge in [-0.1, -0.05) is 25.9 Å². The van der Waals surface area contributed by atoms with E-state index >= 15 is 0 Å². The SMILES string of the molecule is Cc1nccn1-c1ccc(NC(=O)CCCc2nc(C(C)(C)C)no2)cc1F. The van der Waals surface area contributed by atoms with E-state index < -0.39 is 5.82 Å². The molecule has 0 fully saturated rings. The first-order chi connectivity index (χ1) is 13.2. The summed E-state index contributed by atoms with van der Waals surface area (Å²) in [7, 11) is 0. The molecule has 8 heteroatoms. The third-order valence-electron chi connectivity index (χ3n) is 4.25. The molecular weight excluding hydrogens is 361 g/mol. The third kappa shape index (κ3) is 4.62. The number of halogens is 1. The molecule has 1 aromatic carbocycles. The lowest BCUT2D eigenvalue weighted by atomic mass is 9.96. The Labute approximate surface area is 163 Å². The van der Waals surface area contributed by atoms with Crippen molar-refractivity contribution in [2.45, 2.75) is 52.4 Å². The van der Waals surface area contributed by atoms with Crippen molar-refractivity contribution in [2.24, 2.45) is 0 Å². The van der Waals surface area contributed by atoms with E-state index in [2.05, 4.69) is 20.4 Å². The van der Waals surface area contributed by atoms with E-state index in [-0.39, 0.29) is 17.7 Å². The van der Waals surface area contributed by atoms with Crippen molar-refractivity contribution >= 4 is 11.6 Å². The summed E-state index contributed by atoms with van der Waals surface area (Å²) in [6.07, 6.45) is 4.65. The molecule has 0 saturated heterocycles. The number of imidazole rings is 1. The minimum Gasteiger partial charge on any atom is -0.339 e. The lowest BCUT2D eigenvalue weighted by Crippen LogP contribution is -2.13. The van der Waals surface area contributed by atoms with Crippen LogP contribution >= 0.6 is 0 Å². The zero-order valence-electron chi connectivity index (χ0n) is 16.5. The van der Waals surface area contributed by atoms with Crippen molar-refractivity contribution < 1.29 is 13.7 Å². The monoisotopic (exact) mass is 385 g/mol. The number of benzene rings is 1. The molecule has 0 aliphatic carbocycles. The number of rotatable bonds is 6. The summed E-state index contributed by atoms with van der Waals surface area (Å²) in [6, 6.07) is 4.59. The molecule has 0 bridgehead atoms. The van der Waals surface area contributed by atoms with Crippen molar-refractivity contribution in [3.05, 3.63) is 53.9 Å². The normalized spacial score (nSPS) is 11.6. The molecular formula is C20H24FN5O2. The summed E-state index contributed by atoms with van der Waals surface area (Å²) in [6.45, 7) is 7.82. The van der Waals surface area contributed by atoms with Gasteiger partial charge in [-0.3, -0.25) is 4.79 Å². The van der Waals surface area contributed by atoms with Crippen LogP contribution < -0.4 is 5.32 Å². The van der Waals surface area contributed by atoms with E-state index in [0.717, 1.165) is 0 Å². The van der Waals surface area contributed by atoms with E-state index in [0.29, 0.717) is 41.8 Å². The van der Waals surface area contributed by atoms with Crippen LogP contribution in [0.4, 0.5) is 10.1 Å². The fourth-order valence-electron chi connectivity index (χ4n) is 2.70. The van der Waals surface area contributed by atoms with Crippen LogP contribution in [-0.2, 0) is 16.6 Å². The molecule has 2 aromatic heterocycles. The van der Waals surface area contributed by atoms with Crippen molar-refractivity contribution in [1.82, 2.24) is 19.7 Å². The molecule has 0 spiro atoms.